The summed E-state index contributed by atoms with van der Waals surface area (Å²) in [5, 5.41) is 0.0708. The molecule has 3 heteroatoms. The molecule has 0 fully saturated rings. The minimum Gasteiger partial charge on any atom is -0.299 e. The normalized spacial score (nSPS) is 16.9. The van der Waals surface area contributed by atoms with Gasteiger partial charge in [-0.3, -0.25) is 4.79 Å². The molecule has 58 valence electrons. The molecule has 2 atom stereocenters. The van der Waals surface area contributed by atoms with E-state index in [1.807, 2.05) is 13.8 Å². The fraction of sp³-hybridized carbons (Fsp3) is 0.857. The van der Waals surface area contributed by atoms with Crippen molar-refractivity contribution in [3.8, 4) is 0 Å². The van der Waals surface area contributed by atoms with Gasteiger partial charge in [-0.25, -0.2) is 0 Å². The van der Waals surface area contributed by atoms with Gasteiger partial charge in [-0.2, -0.15) is 0 Å². The summed E-state index contributed by atoms with van der Waals surface area (Å²) in [6.07, 6.45) is 0.662. The van der Waals surface area contributed by atoms with Gasteiger partial charge in [0.05, 0.1) is 0 Å². The molecule has 0 saturated heterocycles. The number of rotatable bonds is 3. The molecule has 10 heavy (non-hydrogen) atoms. The Morgan fingerprint density at radius 1 is 1.70 bits per heavy atom. The van der Waals surface area contributed by atoms with Gasteiger partial charge in [0.2, 0.25) is 0 Å². The van der Waals surface area contributed by atoms with Crippen molar-refractivity contribution >= 4 is 22.9 Å². The molecule has 1 nitrogen and oxygen atoms in total. The third kappa shape index (κ3) is 4.99. The third-order valence-corrected chi connectivity index (χ3v) is 1.48. The maximum Gasteiger partial charge on any atom is 0.135 e. The zero-order valence-corrected chi connectivity index (χ0v) is 8.42. The van der Waals surface area contributed by atoms with Crippen LogP contribution in [0.1, 0.15) is 27.2 Å². The number of carbonyl (C=O) groups is 1. The topological polar surface area (TPSA) is 17.1 Å². The first-order valence-electron chi connectivity index (χ1n) is 3.64. The van der Waals surface area contributed by atoms with Crippen LogP contribution >= 0.6 is 9.24 Å². The van der Waals surface area contributed by atoms with Crippen molar-refractivity contribution < 1.29 is 4.79 Å². The molecule has 0 bridgehead atoms. The molecule has 0 saturated carbocycles. The largest absolute Gasteiger partial charge is 0.299 e. The molecule has 0 aliphatic carbocycles. The van der Waals surface area contributed by atoms with Crippen LogP contribution in [0.15, 0.2) is 0 Å². The summed E-state index contributed by atoms with van der Waals surface area (Å²) in [6.45, 7) is 5.94. The van der Waals surface area contributed by atoms with Gasteiger partial charge in [-0.15, -0.1) is 9.24 Å². The summed E-state index contributed by atoms with van der Waals surface area (Å²) in [5.41, 5.74) is 0. The van der Waals surface area contributed by atoms with Crippen LogP contribution in [-0.2, 0) is 4.79 Å². The smallest absolute Gasteiger partial charge is 0.135 e. The average Bonchev–Trinajstić information content (AvgIpc) is 1.60. The van der Waals surface area contributed by atoms with Crippen molar-refractivity contribution in [1.29, 1.82) is 0 Å². The number of Topliss-reactive ketones (excluding diaryl/α,β-unsaturated/α-hetero) is 1. The Bertz CT molecular complexity index is 126. The molecule has 0 aliphatic rings. The van der Waals surface area contributed by atoms with E-state index in [1.54, 1.807) is 0 Å². The summed E-state index contributed by atoms with van der Waals surface area (Å²) in [6, 6.07) is 0. The number of hydrogen-bond donors (Lipinski definition) is 0. The van der Waals surface area contributed by atoms with E-state index in [2.05, 4.69) is 24.0 Å². The van der Waals surface area contributed by atoms with Gasteiger partial charge in [0.15, 0.2) is 0 Å². The predicted octanol–water partition coefficient (Wildman–Crippen LogP) is 0.826. The van der Waals surface area contributed by atoms with Crippen LogP contribution in [0.5, 0.6) is 0 Å². The lowest BCUT2D eigenvalue weighted by Gasteiger charge is -2.17. The predicted molar refractivity (Wildman–Crippen MR) is 51.1 cm³/mol. The Hall–Kier alpha value is 0.165. The maximum absolute atomic E-state index is 11.1. The third-order valence-electron chi connectivity index (χ3n) is 1.27. The van der Waals surface area contributed by atoms with E-state index in [-0.39, 0.29) is 11.0 Å². The monoisotopic (exact) mass is 158 g/mol. The van der Waals surface area contributed by atoms with Gasteiger partial charge in [-0.05, 0) is 5.06 Å². The quantitative estimate of drug-likeness (QED) is 0.439. The molecule has 0 radical (unpaired) electrons. The van der Waals surface area contributed by atoms with Gasteiger partial charge in [0, 0.05) is 12.3 Å². The van der Waals surface area contributed by atoms with E-state index in [1.165, 1.54) is 0 Å². The molecule has 0 amide bonds. The van der Waals surface area contributed by atoms with Crippen LogP contribution < -0.4 is 0 Å². The first-order chi connectivity index (χ1) is 4.33. The van der Waals surface area contributed by atoms with Crippen LogP contribution in [0, 0.1) is 5.92 Å². The Labute approximate surface area is 66.6 Å². The molecule has 0 heterocycles. The molecule has 0 aromatic heterocycles. The lowest BCUT2D eigenvalue weighted by Crippen LogP contribution is -2.23. The molecule has 0 aromatic rings. The highest BCUT2D eigenvalue weighted by Gasteiger charge is 2.17. The van der Waals surface area contributed by atoms with Gasteiger partial charge < -0.3 is 0 Å². The molecule has 2 unspecified atom stereocenters. The molecule has 0 aromatic carbocycles. The van der Waals surface area contributed by atoms with Crippen molar-refractivity contribution in [3.05, 3.63) is 0 Å². The second-order valence-corrected chi connectivity index (χ2v) is 5.35. The van der Waals surface area contributed by atoms with Gasteiger partial charge >= 0.3 is 0 Å². The van der Waals surface area contributed by atoms with Crippen molar-refractivity contribution in [3.63, 3.8) is 0 Å². The molecule has 0 rings (SSSR count). The number of ketones is 1. The summed E-state index contributed by atoms with van der Waals surface area (Å²) in [5.74, 6) is 0.528. The van der Waals surface area contributed by atoms with Crippen LogP contribution in [0.2, 0.25) is 0 Å². The lowest BCUT2D eigenvalue weighted by molar-refractivity contribution is -0.121. The fourth-order valence-electron chi connectivity index (χ4n) is 0.653. The summed E-state index contributed by atoms with van der Waals surface area (Å²) >= 11 is 0. The van der Waals surface area contributed by atoms with Crippen LogP contribution in [0.25, 0.3) is 0 Å². The SMILES string of the molecule is BC(C)(P)CC(=O)C(C)C. The molecule has 0 spiro atoms. The minimum absolute atomic E-state index is 0.0708. The highest BCUT2D eigenvalue weighted by molar-refractivity contribution is 7.22. The van der Waals surface area contributed by atoms with Crippen molar-refractivity contribution in [1.82, 2.24) is 0 Å². The van der Waals surface area contributed by atoms with E-state index in [9.17, 15) is 4.79 Å². The van der Waals surface area contributed by atoms with Gasteiger partial charge in [0.25, 0.3) is 0 Å². The fourth-order valence-corrected chi connectivity index (χ4v) is 0.854. The van der Waals surface area contributed by atoms with E-state index in [0.29, 0.717) is 12.2 Å². The standard InChI is InChI=1S/C7H16BOP/c1-5(2)6(9)4-7(3,8)10/h5H,4,8,10H2,1-3H3. The summed E-state index contributed by atoms with van der Waals surface area (Å²) < 4.78 is 0. The molecular formula is C7H16BOP. The Kier molecular flexibility index (Phi) is 3.58. The number of carbonyl (C=O) groups excluding carboxylic acids is 1. The Morgan fingerprint density at radius 3 is 2.20 bits per heavy atom. The maximum atomic E-state index is 11.1. The van der Waals surface area contributed by atoms with Crippen molar-refractivity contribution in [2.45, 2.75) is 32.2 Å². The minimum atomic E-state index is 0.0708. The lowest BCUT2D eigenvalue weighted by atomic mass is 9.82. The first kappa shape index (κ1) is 10.2. The summed E-state index contributed by atoms with van der Waals surface area (Å²) in [7, 11) is 4.74. The zero-order valence-electron chi connectivity index (χ0n) is 7.27. The van der Waals surface area contributed by atoms with Crippen LogP contribution in [0.4, 0.5) is 0 Å². The van der Waals surface area contributed by atoms with Gasteiger partial charge in [0.1, 0.15) is 13.6 Å². The van der Waals surface area contributed by atoms with E-state index >= 15 is 0 Å². The van der Waals surface area contributed by atoms with Gasteiger partial charge in [-0.1, -0.05) is 20.8 Å². The highest BCUT2D eigenvalue weighted by atomic mass is 31.0. The van der Waals surface area contributed by atoms with Crippen molar-refractivity contribution in [2.24, 2.45) is 5.92 Å². The summed E-state index contributed by atoms with van der Waals surface area (Å²) in [4.78, 5) is 11.1. The second kappa shape index (κ2) is 3.53. The zero-order chi connectivity index (χ0) is 8.36. The second-order valence-electron chi connectivity index (χ2n) is 3.79. The highest BCUT2D eigenvalue weighted by Crippen LogP contribution is 2.19. The average molecular weight is 158 g/mol. The first-order valence-corrected chi connectivity index (χ1v) is 4.22. The molecular weight excluding hydrogens is 142 g/mol. The van der Waals surface area contributed by atoms with Crippen molar-refractivity contribution in [2.75, 3.05) is 0 Å². The Balaban J connectivity index is 3.81. The van der Waals surface area contributed by atoms with Crippen LogP contribution in [-0.4, -0.2) is 18.7 Å². The van der Waals surface area contributed by atoms with E-state index in [0.717, 1.165) is 0 Å². The number of hydrogen-bond acceptors (Lipinski definition) is 1. The molecule has 0 N–H and O–H groups in total. The van der Waals surface area contributed by atoms with E-state index < -0.39 is 0 Å². The van der Waals surface area contributed by atoms with E-state index in [4.69, 9.17) is 0 Å². The molecule has 0 aliphatic heterocycles. The Morgan fingerprint density at radius 2 is 2.10 bits per heavy atom. The van der Waals surface area contributed by atoms with Crippen LogP contribution in [0.3, 0.4) is 0 Å².